The molecule has 0 spiro atoms. The van der Waals surface area contributed by atoms with Crippen molar-refractivity contribution in [2.45, 2.75) is 45.1 Å². The summed E-state index contributed by atoms with van der Waals surface area (Å²) in [6.45, 7) is 2.11. The quantitative estimate of drug-likeness (QED) is 0.663. The standard InChI is InChI=1S/C17H26N4O/c1-13-7-6-8-14(11-13)20-17(18)19-12-16(22)21(2)15-9-4-3-5-10-15/h6-8,11,15H,3-5,9-10,12H2,1-2H3,(H3,18,19,20). The minimum Gasteiger partial charge on any atom is -0.370 e. The molecule has 2 rings (SSSR count). The number of benzene rings is 1. The second-order valence-corrected chi connectivity index (χ2v) is 5.99. The SMILES string of the molecule is Cc1cccc(NC(N)=NCC(=O)N(C)C2CCCCC2)c1. The number of guanidine groups is 1. The number of amides is 1. The second kappa shape index (κ2) is 7.82. The predicted molar refractivity (Wildman–Crippen MR) is 90.9 cm³/mol. The number of nitrogens with zero attached hydrogens (tertiary/aromatic N) is 2. The van der Waals surface area contributed by atoms with Crippen molar-refractivity contribution in [3.8, 4) is 0 Å². The Balaban J connectivity index is 1.85. The molecule has 1 aliphatic carbocycles. The number of aryl methyl sites for hydroxylation is 1. The average molecular weight is 302 g/mol. The summed E-state index contributed by atoms with van der Waals surface area (Å²) >= 11 is 0. The van der Waals surface area contributed by atoms with E-state index in [1.807, 2.05) is 43.1 Å². The topological polar surface area (TPSA) is 70.7 Å². The molecule has 5 heteroatoms. The van der Waals surface area contributed by atoms with Crippen LogP contribution in [-0.4, -0.2) is 36.4 Å². The Morgan fingerprint density at radius 2 is 2.09 bits per heavy atom. The molecule has 5 nitrogen and oxygen atoms in total. The molecule has 120 valence electrons. The van der Waals surface area contributed by atoms with E-state index in [-0.39, 0.29) is 18.4 Å². The molecule has 1 saturated carbocycles. The summed E-state index contributed by atoms with van der Waals surface area (Å²) in [6.07, 6.45) is 5.90. The van der Waals surface area contributed by atoms with Gasteiger partial charge in [0.15, 0.2) is 5.96 Å². The van der Waals surface area contributed by atoms with Gasteiger partial charge in [-0.2, -0.15) is 0 Å². The van der Waals surface area contributed by atoms with Crippen molar-refractivity contribution in [2.75, 3.05) is 18.9 Å². The number of nitrogens with two attached hydrogens (primary N) is 1. The first-order valence-electron chi connectivity index (χ1n) is 7.95. The Bertz CT molecular complexity index is 535. The molecule has 1 amide bonds. The first-order chi connectivity index (χ1) is 10.6. The zero-order valence-corrected chi connectivity index (χ0v) is 13.5. The van der Waals surface area contributed by atoms with Crippen molar-refractivity contribution in [1.82, 2.24) is 4.90 Å². The van der Waals surface area contributed by atoms with E-state index in [9.17, 15) is 4.79 Å². The number of anilines is 1. The largest absolute Gasteiger partial charge is 0.370 e. The van der Waals surface area contributed by atoms with Crippen molar-refractivity contribution in [3.63, 3.8) is 0 Å². The van der Waals surface area contributed by atoms with Gasteiger partial charge in [-0.3, -0.25) is 4.79 Å². The maximum Gasteiger partial charge on any atom is 0.244 e. The molecule has 0 aliphatic heterocycles. The van der Waals surface area contributed by atoms with Gasteiger partial charge in [-0.05, 0) is 37.5 Å². The summed E-state index contributed by atoms with van der Waals surface area (Å²) in [5.74, 6) is 0.303. The third kappa shape index (κ3) is 4.76. The molecule has 0 saturated heterocycles. The Morgan fingerprint density at radius 3 is 2.77 bits per heavy atom. The van der Waals surface area contributed by atoms with Gasteiger partial charge >= 0.3 is 0 Å². The Morgan fingerprint density at radius 1 is 1.36 bits per heavy atom. The highest BCUT2D eigenvalue weighted by Gasteiger charge is 2.21. The minimum atomic E-state index is 0.0286. The highest BCUT2D eigenvalue weighted by Crippen LogP contribution is 2.21. The van der Waals surface area contributed by atoms with Crippen LogP contribution in [0.4, 0.5) is 5.69 Å². The number of rotatable bonds is 4. The minimum absolute atomic E-state index is 0.0286. The summed E-state index contributed by atoms with van der Waals surface area (Å²) in [6, 6.07) is 8.24. The van der Waals surface area contributed by atoms with Gasteiger partial charge in [0, 0.05) is 18.8 Å². The number of hydrogen-bond donors (Lipinski definition) is 2. The lowest BCUT2D eigenvalue weighted by Crippen LogP contribution is -2.40. The molecule has 0 aromatic heterocycles. The summed E-state index contributed by atoms with van der Waals surface area (Å²) in [7, 11) is 1.87. The number of carbonyl (C=O) groups is 1. The molecule has 0 bridgehead atoms. The van der Waals surface area contributed by atoms with Crippen molar-refractivity contribution in [1.29, 1.82) is 0 Å². The van der Waals surface area contributed by atoms with Crippen LogP contribution in [0, 0.1) is 6.92 Å². The molecule has 0 unspecified atom stereocenters. The zero-order chi connectivity index (χ0) is 15.9. The molecule has 0 radical (unpaired) electrons. The van der Waals surface area contributed by atoms with Crippen LogP contribution < -0.4 is 11.1 Å². The molecule has 0 atom stereocenters. The third-order valence-corrected chi connectivity index (χ3v) is 4.19. The van der Waals surface area contributed by atoms with E-state index in [4.69, 9.17) is 5.73 Å². The van der Waals surface area contributed by atoms with E-state index in [1.54, 1.807) is 0 Å². The van der Waals surface area contributed by atoms with Crippen LogP contribution >= 0.6 is 0 Å². The number of aliphatic imine (C=N–C) groups is 1. The molecular formula is C17H26N4O. The van der Waals surface area contributed by atoms with Gasteiger partial charge in [-0.1, -0.05) is 31.4 Å². The van der Waals surface area contributed by atoms with Crippen LogP contribution in [0.25, 0.3) is 0 Å². The maximum absolute atomic E-state index is 12.2. The van der Waals surface area contributed by atoms with Crippen molar-refractivity contribution in [3.05, 3.63) is 29.8 Å². The third-order valence-electron chi connectivity index (χ3n) is 4.19. The lowest BCUT2D eigenvalue weighted by atomic mass is 9.94. The second-order valence-electron chi connectivity index (χ2n) is 5.99. The van der Waals surface area contributed by atoms with E-state index >= 15 is 0 Å². The van der Waals surface area contributed by atoms with Gasteiger partial charge in [0.2, 0.25) is 5.91 Å². The van der Waals surface area contributed by atoms with Gasteiger partial charge in [0.1, 0.15) is 6.54 Å². The normalized spacial score (nSPS) is 16.4. The highest BCUT2D eigenvalue weighted by molar-refractivity contribution is 5.93. The van der Waals surface area contributed by atoms with E-state index in [0.717, 1.165) is 24.1 Å². The van der Waals surface area contributed by atoms with Crippen molar-refractivity contribution in [2.24, 2.45) is 10.7 Å². The fourth-order valence-electron chi connectivity index (χ4n) is 2.85. The van der Waals surface area contributed by atoms with E-state index in [0.29, 0.717) is 6.04 Å². The van der Waals surface area contributed by atoms with Gasteiger partial charge < -0.3 is 16.0 Å². The molecule has 22 heavy (non-hydrogen) atoms. The molecule has 0 heterocycles. The molecule has 1 fully saturated rings. The Hall–Kier alpha value is -2.04. The number of likely N-dealkylation sites (N-methyl/N-ethyl adjacent to an activating group) is 1. The predicted octanol–water partition coefficient (Wildman–Crippen LogP) is 2.51. The lowest BCUT2D eigenvalue weighted by Gasteiger charge is -2.30. The maximum atomic E-state index is 12.2. The molecular weight excluding hydrogens is 276 g/mol. The summed E-state index contributed by atoms with van der Waals surface area (Å²) < 4.78 is 0. The monoisotopic (exact) mass is 302 g/mol. The number of carbonyl (C=O) groups excluding carboxylic acids is 1. The molecule has 1 aliphatic rings. The fourth-order valence-corrected chi connectivity index (χ4v) is 2.85. The van der Waals surface area contributed by atoms with E-state index in [1.165, 1.54) is 19.3 Å². The molecule has 1 aromatic rings. The summed E-state index contributed by atoms with van der Waals surface area (Å²) in [4.78, 5) is 18.2. The lowest BCUT2D eigenvalue weighted by molar-refractivity contribution is -0.130. The van der Waals surface area contributed by atoms with E-state index in [2.05, 4.69) is 10.3 Å². The van der Waals surface area contributed by atoms with Crippen LogP contribution in [0.2, 0.25) is 0 Å². The first kappa shape index (κ1) is 16.3. The van der Waals surface area contributed by atoms with Crippen LogP contribution in [0.3, 0.4) is 0 Å². The smallest absolute Gasteiger partial charge is 0.244 e. The summed E-state index contributed by atoms with van der Waals surface area (Å²) in [5.41, 5.74) is 7.88. The fraction of sp³-hybridized carbons (Fsp3) is 0.529. The van der Waals surface area contributed by atoms with Gasteiger partial charge in [0.25, 0.3) is 0 Å². The van der Waals surface area contributed by atoms with Crippen LogP contribution in [0.5, 0.6) is 0 Å². The Labute approximate surface area is 132 Å². The van der Waals surface area contributed by atoms with Crippen LogP contribution in [0.15, 0.2) is 29.3 Å². The average Bonchev–Trinajstić information content (AvgIpc) is 2.52. The number of nitrogens with one attached hydrogen (secondary N) is 1. The van der Waals surface area contributed by atoms with E-state index < -0.39 is 0 Å². The molecule has 1 aromatic carbocycles. The molecule has 3 N–H and O–H groups in total. The Kier molecular flexibility index (Phi) is 5.81. The van der Waals surface area contributed by atoms with Gasteiger partial charge in [0.05, 0.1) is 0 Å². The first-order valence-corrected chi connectivity index (χ1v) is 7.95. The highest BCUT2D eigenvalue weighted by atomic mass is 16.2. The van der Waals surface area contributed by atoms with Crippen molar-refractivity contribution >= 4 is 17.6 Å². The van der Waals surface area contributed by atoms with Crippen LogP contribution in [-0.2, 0) is 4.79 Å². The number of hydrogen-bond acceptors (Lipinski definition) is 2. The zero-order valence-electron chi connectivity index (χ0n) is 13.5. The van der Waals surface area contributed by atoms with Gasteiger partial charge in [-0.25, -0.2) is 4.99 Å². The van der Waals surface area contributed by atoms with Gasteiger partial charge in [-0.15, -0.1) is 0 Å². The van der Waals surface area contributed by atoms with Crippen molar-refractivity contribution < 1.29 is 4.79 Å². The van der Waals surface area contributed by atoms with Crippen LogP contribution in [0.1, 0.15) is 37.7 Å². The summed E-state index contributed by atoms with van der Waals surface area (Å²) in [5, 5.41) is 3.01.